The zero-order valence-electron chi connectivity index (χ0n) is 19.1. The molecule has 3 fully saturated rings. The minimum atomic E-state index is -0.222. The molecule has 3 saturated heterocycles. The number of nitrogens with zero attached hydrogens (tertiary/aromatic N) is 2. The number of quaternary nitrogens is 1. The third kappa shape index (κ3) is 5.31. The minimum absolute atomic E-state index is 0.0168. The third-order valence-corrected chi connectivity index (χ3v) is 8.18. The molecular weight excluding hydrogens is 428 g/mol. The van der Waals surface area contributed by atoms with Crippen LogP contribution in [0.1, 0.15) is 30.4 Å². The minimum Gasteiger partial charge on any atom is -0.440 e. The Bertz CT molecular complexity index is 1010. The quantitative estimate of drug-likeness (QED) is 0.378. The molecule has 1 aromatic heterocycles. The second-order valence-electron chi connectivity index (χ2n) is 9.60. The number of amides is 1. The number of ether oxygens (including phenoxy) is 1. The van der Waals surface area contributed by atoms with Crippen LogP contribution < -0.4 is 4.90 Å². The summed E-state index contributed by atoms with van der Waals surface area (Å²) in [6.07, 6.45) is 4.48. The molecule has 4 heterocycles. The van der Waals surface area contributed by atoms with Crippen molar-refractivity contribution >= 4 is 23.1 Å². The van der Waals surface area contributed by atoms with Crippen LogP contribution in [0.25, 0.3) is 0 Å². The summed E-state index contributed by atoms with van der Waals surface area (Å²) in [6, 6.07) is 22.3. The first kappa shape index (κ1) is 22.2. The van der Waals surface area contributed by atoms with Gasteiger partial charge in [-0.25, -0.2) is 4.79 Å². The number of rotatable bonds is 8. The van der Waals surface area contributed by atoms with Crippen LogP contribution in [0.2, 0.25) is 0 Å². The highest BCUT2D eigenvalue weighted by Gasteiger charge is 2.47. The maximum atomic E-state index is 13.5. The molecule has 3 aliphatic rings. The molecule has 3 aliphatic heterocycles. The Balaban J connectivity index is 1.26. The maximum Gasteiger partial charge on any atom is 0.415 e. The highest BCUT2D eigenvalue weighted by molar-refractivity contribution is 7.07. The van der Waals surface area contributed by atoms with Crippen molar-refractivity contribution in [1.82, 2.24) is 0 Å². The lowest BCUT2D eigenvalue weighted by Gasteiger charge is -2.52. The molecule has 0 aliphatic carbocycles. The second-order valence-corrected chi connectivity index (χ2v) is 10.4. The predicted octanol–water partition coefficient (Wildman–Crippen LogP) is 6.13. The zero-order valence-corrected chi connectivity index (χ0v) is 20.0. The molecule has 1 atom stereocenters. The fraction of sp³-hybridized carbons (Fsp3) is 0.393. The van der Waals surface area contributed by atoms with E-state index in [-0.39, 0.29) is 12.2 Å². The Kier molecular flexibility index (Phi) is 6.79. The van der Waals surface area contributed by atoms with E-state index in [1.165, 1.54) is 44.5 Å². The van der Waals surface area contributed by atoms with Crippen LogP contribution in [-0.4, -0.2) is 42.9 Å². The molecule has 2 aromatic carbocycles. The summed E-state index contributed by atoms with van der Waals surface area (Å²) in [4.78, 5) is 15.2. The van der Waals surface area contributed by atoms with Crippen LogP contribution in [0.4, 0.5) is 10.5 Å². The third-order valence-electron chi connectivity index (χ3n) is 7.44. The Morgan fingerprint density at radius 2 is 1.70 bits per heavy atom. The number of aryl methyl sites for hydroxylation is 1. The smallest absolute Gasteiger partial charge is 0.415 e. The van der Waals surface area contributed by atoms with Gasteiger partial charge in [0.25, 0.3) is 0 Å². The SMILES string of the molecule is O=C(O[C@H]1C[N+]2(CCCc3ccsc3)CCC1CC2)N(Cc1ccccc1)c1ccccc1. The largest absolute Gasteiger partial charge is 0.440 e. The lowest BCUT2D eigenvalue weighted by atomic mass is 9.83. The molecular formula is C28H33N2O2S+. The maximum absolute atomic E-state index is 13.5. The molecule has 33 heavy (non-hydrogen) atoms. The van der Waals surface area contributed by atoms with E-state index in [9.17, 15) is 4.79 Å². The predicted molar refractivity (Wildman–Crippen MR) is 134 cm³/mol. The highest BCUT2D eigenvalue weighted by Crippen LogP contribution is 2.36. The highest BCUT2D eigenvalue weighted by atomic mass is 32.1. The summed E-state index contributed by atoms with van der Waals surface area (Å²) in [6.45, 7) is 5.13. The standard InChI is InChI=1S/C28H33N2O2S/c31-28(29(26-11-5-2-6-12-26)20-23-8-3-1-4-9-23)32-27-21-30(17-13-25(27)14-18-30)16-7-10-24-15-19-33-22-24/h1-6,8-9,11-12,15,19,22,25,27H,7,10,13-14,16-18,20-21H2/q+1/t25?,27-,30?/m0/s1. The van der Waals surface area contributed by atoms with Gasteiger partial charge in [0, 0.05) is 30.9 Å². The number of benzene rings is 2. The van der Waals surface area contributed by atoms with Crippen LogP contribution in [0.3, 0.4) is 0 Å². The van der Waals surface area contributed by atoms with E-state index in [0.717, 1.165) is 28.7 Å². The van der Waals surface area contributed by atoms with Gasteiger partial charge in [-0.15, -0.1) is 0 Å². The number of piperidine rings is 3. The van der Waals surface area contributed by atoms with Crippen molar-refractivity contribution in [3.63, 3.8) is 0 Å². The number of fused-ring (bicyclic) bond motifs is 3. The Labute approximate surface area is 201 Å². The molecule has 3 aromatic rings. The summed E-state index contributed by atoms with van der Waals surface area (Å²) in [5.74, 6) is 0.500. The van der Waals surface area contributed by atoms with E-state index >= 15 is 0 Å². The Morgan fingerprint density at radius 3 is 2.39 bits per heavy atom. The Hall–Kier alpha value is -2.63. The molecule has 0 saturated carbocycles. The van der Waals surface area contributed by atoms with E-state index in [4.69, 9.17) is 4.74 Å². The van der Waals surface area contributed by atoms with Gasteiger partial charge in [-0.1, -0.05) is 48.5 Å². The van der Waals surface area contributed by atoms with Gasteiger partial charge >= 0.3 is 6.09 Å². The zero-order chi connectivity index (χ0) is 22.5. The number of thiophene rings is 1. The van der Waals surface area contributed by atoms with Crippen LogP contribution in [0.5, 0.6) is 0 Å². The van der Waals surface area contributed by atoms with E-state index < -0.39 is 0 Å². The first-order valence-corrected chi connectivity index (χ1v) is 13.1. The van der Waals surface area contributed by atoms with Crippen LogP contribution in [-0.2, 0) is 17.7 Å². The fourth-order valence-electron chi connectivity index (χ4n) is 5.55. The van der Waals surface area contributed by atoms with Crippen molar-refractivity contribution in [2.75, 3.05) is 31.1 Å². The summed E-state index contributed by atoms with van der Waals surface area (Å²) < 4.78 is 7.38. The summed E-state index contributed by atoms with van der Waals surface area (Å²) >= 11 is 1.78. The molecule has 4 nitrogen and oxygen atoms in total. The van der Waals surface area contributed by atoms with Gasteiger partial charge in [0.2, 0.25) is 0 Å². The van der Waals surface area contributed by atoms with Gasteiger partial charge < -0.3 is 9.22 Å². The van der Waals surface area contributed by atoms with Crippen molar-refractivity contribution in [2.24, 2.45) is 5.92 Å². The number of carbonyl (C=O) groups excluding carboxylic acids is 1. The first-order chi connectivity index (χ1) is 16.2. The van der Waals surface area contributed by atoms with Crippen molar-refractivity contribution in [3.05, 3.63) is 88.6 Å². The van der Waals surface area contributed by atoms with E-state index in [1.54, 1.807) is 16.2 Å². The summed E-state index contributed by atoms with van der Waals surface area (Å²) in [5.41, 5.74) is 3.43. The van der Waals surface area contributed by atoms with Crippen molar-refractivity contribution in [2.45, 2.75) is 38.3 Å². The molecule has 0 N–H and O–H groups in total. The lowest BCUT2D eigenvalue weighted by Crippen LogP contribution is -2.65. The summed E-state index contributed by atoms with van der Waals surface area (Å²) in [7, 11) is 0. The number of para-hydroxylation sites is 1. The molecule has 0 radical (unpaired) electrons. The van der Waals surface area contributed by atoms with Crippen molar-refractivity contribution < 1.29 is 14.0 Å². The van der Waals surface area contributed by atoms with E-state index in [1.807, 2.05) is 48.5 Å². The van der Waals surface area contributed by atoms with Gasteiger partial charge in [0.15, 0.2) is 6.10 Å². The molecule has 0 spiro atoms. The second kappa shape index (κ2) is 10.1. The fourth-order valence-corrected chi connectivity index (χ4v) is 6.25. The molecule has 0 unspecified atom stereocenters. The normalized spacial score (nSPS) is 23.9. The van der Waals surface area contributed by atoms with Gasteiger partial charge in [-0.2, -0.15) is 11.3 Å². The molecule has 5 heteroatoms. The topological polar surface area (TPSA) is 29.5 Å². The molecule has 1 amide bonds. The molecule has 2 bridgehead atoms. The van der Waals surface area contributed by atoms with Crippen molar-refractivity contribution in [1.29, 1.82) is 0 Å². The number of anilines is 1. The molecule has 172 valence electrons. The molecule has 6 rings (SSSR count). The van der Waals surface area contributed by atoms with E-state index in [2.05, 4.69) is 29.0 Å². The van der Waals surface area contributed by atoms with Gasteiger partial charge in [0.1, 0.15) is 6.54 Å². The summed E-state index contributed by atoms with van der Waals surface area (Å²) in [5, 5.41) is 4.43. The van der Waals surface area contributed by atoms with Crippen LogP contribution in [0, 0.1) is 5.92 Å². The van der Waals surface area contributed by atoms with Crippen molar-refractivity contribution in [3.8, 4) is 0 Å². The number of carbonyl (C=O) groups is 1. The number of hydrogen-bond acceptors (Lipinski definition) is 3. The average Bonchev–Trinajstić information content (AvgIpc) is 3.38. The average molecular weight is 462 g/mol. The lowest BCUT2D eigenvalue weighted by molar-refractivity contribution is -0.946. The number of hydrogen-bond donors (Lipinski definition) is 0. The van der Waals surface area contributed by atoms with Crippen LogP contribution in [0.15, 0.2) is 77.5 Å². The first-order valence-electron chi connectivity index (χ1n) is 12.1. The Morgan fingerprint density at radius 1 is 0.970 bits per heavy atom. The van der Waals surface area contributed by atoms with Gasteiger partial charge in [-0.3, -0.25) is 4.90 Å². The monoisotopic (exact) mass is 461 g/mol. The van der Waals surface area contributed by atoms with Gasteiger partial charge in [0.05, 0.1) is 26.2 Å². The van der Waals surface area contributed by atoms with E-state index in [0.29, 0.717) is 12.5 Å². The van der Waals surface area contributed by atoms with Gasteiger partial charge in [-0.05, 0) is 46.5 Å². The van der Waals surface area contributed by atoms with Crippen LogP contribution >= 0.6 is 11.3 Å².